The van der Waals surface area contributed by atoms with Crippen LogP contribution in [0.1, 0.15) is 10.5 Å². The first-order chi connectivity index (χ1) is 9.61. The summed E-state index contributed by atoms with van der Waals surface area (Å²) in [4.78, 5) is 23.5. The first-order valence-corrected chi connectivity index (χ1v) is 6.15. The summed E-state index contributed by atoms with van der Waals surface area (Å²) in [7, 11) is 1.63. The van der Waals surface area contributed by atoms with Gasteiger partial charge < -0.3 is 14.9 Å². The molecule has 1 aromatic heterocycles. The standard InChI is InChI=1S/C14H11ClN3O2.Hs/c1-16-8-6-12(19)14-13(20)7-9-18(17-14)11-4-2-10(15)3-5-11;/h2-5,7-9,16H,1H3;/q-1;. The number of benzene rings is 1. The smallest absolute Gasteiger partial charge is 0.130 e. The van der Waals surface area contributed by atoms with Crippen LogP contribution in [0.25, 0.3) is 5.69 Å². The summed E-state index contributed by atoms with van der Waals surface area (Å²) in [5, 5.41) is 7.25. The third-order valence-electron chi connectivity index (χ3n) is 2.46. The molecule has 5 nitrogen and oxygen atoms in total. The number of rotatable bonds is 4. The molecule has 2 rings (SSSR count). The topological polar surface area (TPSA) is 64.0 Å². The van der Waals surface area contributed by atoms with Gasteiger partial charge in [0.15, 0.2) is 0 Å². The fourth-order valence-electron chi connectivity index (χ4n) is 1.51. The molecule has 104 valence electrons. The molecule has 0 radical (unpaired) electrons. The van der Waals surface area contributed by atoms with E-state index >= 15 is 0 Å². The van der Waals surface area contributed by atoms with E-state index in [1.54, 1.807) is 31.3 Å². The second-order valence-electron chi connectivity index (χ2n) is 3.86. The summed E-state index contributed by atoms with van der Waals surface area (Å²) in [6.45, 7) is 0. The number of carbonyl (C=O) groups is 1. The fourth-order valence-corrected chi connectivity index (χ4v) is 1.63. The Morgan fingerprint density at radius 1 is 1.33 bits per heavy atom. The van der Waals surface area contributed by atoms with Gasteiger partial charge in [0.25, 0.3) is 0 Å². The predicted molar refractivity (Wildman–Crippen MR) is 76.0 cm³/mol. The molecular formula is C14H11ClHsN3O2-. The summed E-state index contributed by atoms with van der Waals surface area (Å²) in [5.41, 5.74) is 0.0622. The Hall–Kier alpha value is -3.40. The van der Waals surface area contributed by atoms with Gasteiger partial charge in [-0.1, -0.05) is 17.8 Å². The van der Waals surface area contributed by atoms with Crippen molar-refractivity contribution in [1.29, 1.82) is 0 Å². The minimum absolute atomic E-state index is 0. The molecule has 7 heteroatoms. The van der Waals surface area contributed by atoms with Gasteiger partial charge in [-0.3, -0.25) is 9.78 Å². The summed E-state index contributed by atoms with van der Waals surface area (Å²) in [5.74, 6) is -0.576. The zero-order chi connectivity index (χ0) is 14.5. The second-order valence-corrected chi connectivity index (χ2v) is 4.29. The molecule has 2 aromatic rings. The van der Waals surface area contributed by atoms with E-state index in [9.17, 15) is 9.59 Å². The van der Waals surface area contributed by atoms with E-state index in [0.717, 1.165) is 0 Å². The molecule has 0 atom stereocenters. The van der Waals surface area contributed by atoms with Crippen molar-refractivity contribution in [3.63, 3.8) is 0 Å². The molecule has 0 saturated carbocycles. The first-order valence-electron chi connectivity index (χ1n) is 5.77. The number of carbonyl (C=O) groups excluding carboxylic acids is 1. The van der Waals surface area contributed by atoms with E-state index in [4.69, 9.17) is 11.6 Å². The van der Waals surface area contributed by atoms with Gasteiger partial charge in [-0.25, -0.2) is 0 Å². The monoisotopic (exact) mass is 557 g/mol. The van der Waals surface area contributed by atoms with Crippen molar-refractivity contribution in [3.05, 3.63) is 69.7 Å². The maximum atomic E-state index is 11.8. The Bertz CT molecular complexity index is 711. The number of nitrogens with one attached hydrogen (secondary N) is 1. The number of nitrogens with zero attached hydrogens (tertiary/aromatic N) is 2. The number of hydrogen-bond acceptors (Lipinski definition) is 4. The van der Waals surface area contributed by atoms with Crippen LogP contribution in [0, 0.1) is 6.08 Å². The van der Waals surface area contributed by atoms with E-state index in [1.807, 2.05) is 0 Å². The summed E-state index contributed by atoms with van der Waals surface area (Å²) in [6.07, 6.45) is 5.22. The number of allylic oxidation sites excluding steroid dienone is 1. The third-order valence-corrected chi connectivity index (χ3v) is 2.71. The molecular weight excluding hydrogens is 547 g/mol. The molecule has 1 aromatic carbocycles. The molecule has 0 aliphatic carbocycles. The van der Waals surface area contributed by atoms with Crippen molar-refractivity contribution in [3.8, 4) is 5.69 Å². The van der Waals surface area contributed by atoms with E-state index in [0.29, 0.717) is 10.7 Å². The van der Waals surface area contributed by atoms with Crippen LogP contribution in [-0.2, 0) is 0 Å². The van der Waals surface area contributed by atoms with Crippen LogP contribution in [0.4, 0.5) is 0 Å². The predicted octanol–water partition coefficient (Wildman–Crippen LogP) is 1.60. The SMILES string of the molecule is CNC=[C-]C(=O)c1nn(-c2ccc(Cl)cc2)ccc1=O.[Hs]. The van der Waals surface area contributed by atoms with E-state index in [1.165, 1.54) is 23.1 Å². The average Bonchev–Trinajstić information content (AvgIpc) is 2.46. The van der Waals surface area contributed by atoms with Gasteiger partial charge >= 0.3 is 0 Å². The van der Waals surface area contributed by atoms with Crippen molar-refractivity contribution >= 4 is 17.4 Å². The zero-order valence-corrected chi connectivity index (χ0v) is 18.6. The first kappa shape index (κ1) is 15.7. The van der Waals surface area contributed by atoms with E-state index in [-0.39, 0.29) is 5.69 Å². The summed E-state index contributed by atoms with van der Waals surface area (Å²) in [6, 6.07) is 8.16. The molecule has 0 aliphatic heterocycles. The number of hydrogen-bond donors (Lipinski definition) is 1. The minimum atomic E-state index is -0.576. The van der Waals surface area contributed by atoms with Gasteiger partial charge in [0.05, 0.1) is 5.69 Å². The van der Waals surface area contributed by atoms with Crippen molar-refractivity contribution < 1.29 is 4.79 Å². The van der Waals surface area contributed by atoms with E-state index < -0.39 is 11.2 Å². The van der Waals surface area contributed by atoms with Crippen LogP contribution in [0.15, 0.2) is 47.5 Å². The third kappa shape index (κ3) is 3.54. The largest absolute Gasteiger partial charge is 0.411 e. The normalized spacial score (nSPS) is 10.2. The van der Waals surface area contributed by atoms with Gasteiger partial charge in [-0.15, -0.1) is 0 Å². The average molecular weight is 558 g/mol. The Morgan fingerprint density at radius 3 is 2.62 bits per heavy atom. The van der Waals surface area contributed by atoms with Crippen molar-refractivity contribution in [2.75, 3.05) is 7.05 Å². The Balaban J connectivity index is 0.00000220. The number of aromatic nitrogens is 2. The van der Waals surface area contributed by atoms with E-state index in [2.05, 4.69) is 16.5 Å². The van der Waals surface area contributed by atoms with Crippen LogP contribution in [0.3, 0.4) is 0 Å². The molecule has 0 aliphatic rings. The molecule has 1 N–H and O–H groups in total. The van der Waals surface area contributed by atoms with Crippen LogP contribution in [-0.4, -0.2) is 22.6 Å². The molecule has 0 saturated heterocycles. The van der Waals surface area contributed by atoms with Crippen LogP contribution in [0.5, 0.6) is 0 Å². The number of halogens is 1. The van der Waals surface area contributed by atoms with Crippen LogP contribution < -0.4 is 10.7 Å². The van der Waals surface area contributed by atoms with Gasteiger partial charge in [0.1, 0.15) is 5.43 Å². The molecule has 0 unspecified atom stereocenters. The zero-order valence-electron chi connectivity index (χ0n) is 11.3. The van der Waals surface area contributed by atoms with Crippen LogP contribution in [0.2, 0.25) is 5.02 Å². The van der Waals surface area contributed by atoms with Gasteiger partial charge in [-0.2, -0.15) is 6.08 Å². The second kappa shape index (κ2) is 6.68. The molecule has 0 bridgehead atoms. The number of ketones is 1. The Labute approximate surface area is 120 Å². The molecule has 0 spiro atoms. The van der Waals surface area contributed by atoms with Gasteiger partial charge in [0.2, 0.25) is 0 Å². The maximum Gasteiger partial charge on any atom is 0.130 e. The molecule has 0 fully saturated rings. The Kier molecular flexibility index (Phi) is 4.98. The molecule has 0 amide bonds. The van der Waals surface area contributed by atoms with Crippen molar-refractivity contribution in [1.82, 2.24) is 15.1 Å². The van der Waals surface area contributed by atoms with Crippen LogP contribution >= 0.6 is 11.6 Å². The van der Waals surface area contributed by atoms with Gasteiger partial charge in [0, 0.05) is 29.7 Å². The van der Waals surface area contributed by atoms with Gasteiger partial charge in [-0.05, 0) is 30.3 Å². The fraction of sp³-hybridized carbons (Fsp3) is 0.0714. The molecule has 21 heavy (non-hydrogen) atoms. The Morgan fingerprint density at radius 2 is 2.00 bits per heavy atom. The van der Waals surface area contributed by atoms with Crippen molar-refractivity contribution in [2.24, 2.45) is 0 Å². The van der Waals surface area contributed by atoms with Crippen molar-refractivity contribution in [2.45, 2.75) is 0 Å². The molecule has 1 heterocycles. The summed E-state index contributed by atoms with van der Waals surface area (Å²) < 4.78 is 1.44. The quantitative estimate of drug-likeness (QED) is 0.353. The number of Topliss-reactive ketones (excluding diaryl/α,β-unsaturated/α-hetero) is 1. The maximum absolute atomic E-state index is 11.8. The summed E-state index contributed by atoms with van der Waals surface area (Å²) >= 11 is 5.81. The minimum Gasteiger partial charge on any atom is -0.411 e.